The van der Waals surface area contributed by atoms with Gasteiger partial charge in [-0.15, -0.1) is 0 Å². The van der Waals surface area contributed by atoms with Gasteiger partial charge in [-0.05, 0) is 31.9 Å². The Kier molecular flexibility index (Phi) is 4.96. The summed E-state index contributed by atoms with van der Waals surface area (Å²) in [5.74, 6) is 0.676. The molecule has 20 heavy (non-hydrogen) atoms. The van der Waals surface area contributed by atoms with E-state index >= 15 is 0 Å². The standard InChI is InChI=1S/C17H25N3/c1-13(2)10-18-11-17-14(3)19-20(15(17)4)12-16-8-6-5-7-9-16/h5-9,13,18H,10-12H2,1-4H3. The van der Waals surface area contributed by atoms with Crippen LogP contribution >= 0.6 is 0 Å². The minimum Gasteiger partial charge on any atom is -0.312 e. The van der Waals surface area contributed by atoms with E-state index in [0.29, 0.717) is 5.92 Å². The summed E-state index contributed by atoms with van der Waals surface area (Å²) >= 11 is 0. The number of hydrogen-bond acceptors (Lipinski definition) is 2. The van der Waals surface area contributed by atoms with Gasteiger partial charge in [0.15, 0.2) is 0 Å². The third-order valence-corrected chi connectivity index (χ3v) is 3.56. The summed E-state index contributed by atoms with van der Waals surface area (Å²) in [7, 11) is 0. The van der Waals surface area contributed by atoms with Crippen LogP contribution in [0.5, 0.6) is 0 Å². The highest BCUT2D eigenvalue weighted by molar-refractivity contribution is 5.25. The number of hydrogen-bond donors (Lipinski definition) is 1. The Morgan fingerprint density at radius 2 is 1.85 bits per heavy atom. The molecule has 0 atom stereocenters. The summed E-state index contributed by atoms with van der Waals surface area (Å²) in [6.07, 6.45) is 0. The first-order valence-corrected chi connectivity index (χ1v) is 7.35. The molecule has 3 heteroatoms. The number of benzene rings is 1. The van der Waals surface area contributed by atoms with Crippen molar-refractivity contribution in [1.29, 1.82) is 0 Å². The van der Waals surface area contributed by atoms with Gasteiger partial charge < -0.3 is 5.32 Å². The van der Waals surface area contributed by atoms with Gasteiger partial charge in [-0.1, -0.05) is 44.2 Å². The zero-order chi connectivity index (χ0) is 14.5. The van der Waals surface area contributed by atoms with Crippen LogP contribution in [0, 0.1) is 19.8 Å². The molecule has 2 aromatic rings. The third kappa shape index (κ3) is 3.70. The van der Waals surface area contributed by atoms with E-state index in [1.807, 2.05) is 6.07 Å². The Bertz CT molecular complexity index is 541. The second-order valence-electron chi connectivity index (χ2n) is 5.82. The molecule has 0 bridgehead atoms. The normalized spacial score (nSPS) is 11.2. The lowest BCUT2D eigenvalue weighted by Gasteiger charge is -2.08. The highest BCUT2D eigenvalue weighted by atomic mass is 15.3. The average Bonchev–Trinajstić information content (AvgIpc) is 2.67. The van der Waals surface area contributed by atoms with Crippen molar-refractivity contribution in [2.45, 2.75) is 40.8 Å². The van der Waals surface area contributed by atoms with Crippen LogP contribution in [0.1, 0.15) is 36.4 Å². The minimum absolute atomic E-state index is 0.676. The maximum atomic E-state index is 4.68. The molecule has 0 unspecified atom stereocenters. The quantitative estimate of drug-likeness (QED) is 0.873. The SMILES string of the molecule is Cc1nn(Cc2ccccc2)c(C)c1CNCC(C)C. The molecule has 3 nitrogen and oxygen atoms in total. The fourth-order valence-electron chi connectivity index (χ4n) is 2.39. The zero-order valence-corrected chi connectivity index (χ0v) is 13.0. The second kappa shape index (κ2) is 6.71. The lowest BCUT2D eigenvalue weighted by molar-refractivity contribution is 0.550. The van der Waals surface area contributed by atoms with Gasteiger partial charge in [0.05, 0.1) is 12.2 Å². The monoisotopic (exact) mass is 271 g/mol. The van der Waals surface area contributed by atoms with Gasteiger partial charge in [0.2, 0.25) is 0 Å². The summed E-state index contributed by atoms with van der Waals surface area (Å²) in [6.45, 7) is 11.5. The smallest absolute Gasteiger partial charge is 0.0662 e. The molecule has 0 amide bonds. The van der Waals surface area contributed by atoms with Gasteiger partial charge in [-0.25, -0.2) is 0 Å². The molecule has 1 heterocycles. The summed E-state index contributed by atoms with van der Waals surface area (Å²) in [6, 6.07) is 10.5. The van der Waals surface area contributed by atoms with Crippen molar-refractivity contribution >= 4 is 0 Å². The molecule has 0 spiro atoms. The van der Waals surface area contributed by atoms with Crippen molar-refractivity contribution in [3.8, 4) is 0 Å². The third-order valence-electron chi connectivity index (χ3n) is 3.56. The summed E-state index contributed by atoms with van der Waals surface area (Å²) in [4.78, 5) is 0. The lowest BCUT2D eigenvalue weighted by atomic mass is 10.1. The van der Waals surface area contributed by atoms with Gasteiger partial charge in [0.25, 0.3) is 0 Å². The molecule has 1 aromatic carbocycles. The van der Waals surface area contributed by atoms with Crippen LogP contribution in [0.15, 0.2) is 30.3 Å². The van der Waals surface area contributed by atoms with E-state index in [1.165, 1.54) is 16.8 Å². The van der Waals surface area contributed by atoms with E-state index in [0.717, 1.165) is 25.3 Å². The molecule has 0 radical (unpaired) electrons. The van der Waals surface area contributed by atoms with Gasteiger partial charge in [-0.3, -0.25) is 4.68 Å². The van der Waals surface area contributed by atoms with Crippen LogP contribution in [0.3, 0.4) is 0 Å². The van der Waals surface area contributed by atoms with Crippen molar-refractivity contribution < 1.29 is 0 Å². The fraction of sp³-hybridized carbons (Fsp3) is 0.471. The number of rotatable bonds is 6. The van der Waals surface area contributed by atoms with E-state index in [4.69, 9.17) is 0 Å². The Morgan fingerprint density at radius 3 is 2.50 bits per heavy atom. The molecule has 0 aliphatic rings. The average molecular weight is 271 g/mol. The van der Waals surface area contributed by atoms with E-state index in [1.54, 1.807) is 0 Å². The van der Waals surface area contributed by atoms with Crippen LogP contribution in [0.4, 0.5) is 0 Å². The number of nitrogens with zero attached hydrogens (tertiary/aromatic N) is 2. The first-order valence-electron chi connectivity index (χ1n) is 7.35. The van der Waals surface area contributed by atoms with Crippen molar-refractivity contribution in [2.24, 2.45) is 5.92 Å². The Morgan fingerprint density at radius 1 is 1.15 bits per heavy atom. The predicted octanol–water partition coefficient (Wildman–Crippen LogP) is 3.29. The van der Waals surface area contributed by atoms with E-state index in [9.17, 15) is 0 Å². The molecule has 108 valence electrons. The van der Waals surface area contributed by atoms with Crippen molar-refractivity contribution in [3.05, 3.63) is 52.8 Å². The highest BCUT2D eigenvalue weighted by Gasteiger charge is 2.11. The maximum Gasteiger partial charge on any atom is 0.0662 e. The first-order chi connectivity index (χ1) is 9.58. The summed E-state index contributed by atoms with van der Waals surface area (Å²) in [5, 5.41) is 8.19. The van der Waals surface area contributed by atoms with Crippen LogP contribution in [-0.4, -0.2) is 16.3 Å². The van der Waals surface area contributed by atoms with Gasteiger partial charge in [-0.2, -0.15) is 5.10 Å². The first kappa shape index (κ1) is 14.8. The molecular formula is C17H25N3. The van der Waals surface area contributed by atoms with E-state index in [-0.39, 0.29) is 0 Å². The molecule has 0 fully saturated rings. The summed E-state index contributed by atoms with van der Waals surface area (Å²) < 4.78 is 2.11. The molecule has 0 saturated carbocycles. The molecule has 0 aliphatic carbocycles. The van der Waals surface area contributed by atoms with Crippen LogP contribution in [-0.2, 0) is 13.1 Å². The van der Waals surface area contributed by atoms with Crippen molar-refractivity contribution in [3.63, 3.8) is 0 Å². The van der Waals surface area contributed by atoms with Crippen LogP contribution in [0.2, 0.25) is 0 Å². The van der Waals surface area contributed by atoms with Gasteiger partial charge >= 0.3 is 0 Å². The fourth-order valence-corrected chi connectivity index (χ4v) is 2.39. The van der Waals surface area contributed by atoms with Crippen LogP contribution in [0.25, 0.3) is 0 Å². The second-order valence-corrected chi connectivity index (χ2v) is 5.82. The topological polar surface area (TPSA) is 29.9 Å². The maximum absolute atomic E-state index is 4.68. The Balaban J connectivity index is 2.08. The number of aromatic nitrogens is 2. The minimum atomic E-state index is 0.676. The molecule has 1 N–H and O–H groups in total. The van der Waals surface area contributed by atoms with Gasteiger partial charge in [0.1, 0.15) is 0 Å². The highest BCUT2D eigenvalue weighted by Crippen LogP contribution is 2.14. The van der Waals surface area contributed by atoms with Crippen LogP contribution < -0.4 is 5.32 Å². The van der Waals surface area contributed by atoms with E-state index in [2.05, 4.69) is 67.1 Å². The van der Waals surface area contributed by atoms with Crippen molar-refractivity contribution in [2.75, 3.05) is 6.54 Å². The molecule has 1 aromatic heterocycles. The lowest BCUT2D eigenvalue weighted by Crippen LogP contribution is -2.19. The predicted molar refractivity (Wildman–Crippen MR) is 83.8 cm³/mol. The number of aryl methyl sites for hydroxylation is 1. The van der Waals surface area contributed by atoms with E-state index < -0.39 is 0 Å². The van der Waals surface area contributed by atoms with Gasteiger partial charge in [0, 0.05) is 17.8 Å². The summed E-state index contributed by atoms with van der Waals surface area (Å²) in [5.41, 5.74) is 5.03. The zero-order valence-electron chi connectivity index (χ0n) is 13.0. The molecule has 2 rings (SSSR count). The molecule has 0 saturated heterocycles. The molecule has 0 aliphatic heterocycles. The largest absolute Gasteiger partial charge is 0.312 e. The Hall–Kier alpha value is -1.61. The molecular weight excluding hydrogens is 246 g/mol. The number of nitrogens with one attached hydrogen (secondary N) is 1. The van der Waals surface area contributed by atoms with Crippen molar-refractivity contribution in [1.82, 2.24) is 15.1 Å². The Labute approximate surface area is 122 Å².